The molecule has 1 heterocycles. The molecule has 0 atom stereocenters. The molecule has 0 aliphatic heterocycles. The number of hydrogen-bond acceptors (Lipinski definition) is 4. The van der Waals surface area contributed by atoms with Gasteiger partial charge in [0.25, 0.3) is 0 Å². The quantitative estimate of drug-likeness (QED) is 0.676. The van der Waals surface area contributed by atoms with Crippen molar-refractivity contribution in [2.75, 3.05) is 20.4 Å². The Hall–Kier alpha value is -0.640. The molecule has 0 aliphatic carbocycles. The van der Waals surface area contributed by atoms with Crippen LogP contribution in [0.15, 0.2) is 18.7 Å². The van der Waals surface area contributed by atoms with Gasteiger partial charge < -0.3 is 0 Å². The summed E-state index contributed by atoms with van der Waals surface area (Å²) in [5, 5.41) is 0. The molecule has 0 saturated heterocycles. The Morgan fingerprint density at radius 3 is 2.53 bits per heavy atom. The van der Waals surface area contributed by atoms with Crippen LogP contribution in [0.3, 0.4) is 0 Å². The summed E-state index contributed by atoms with van der Waals surface area (Å²) in [6.45, 7) is 2.13. The molecule has 88 valence electrons. The van der Waals surface area contributed by atoms with E-state index in [1.807, 2.05) is 0 Å². The Morgan fingerprint density at radius 1 is 1.33 bits per heavy atom. The number of hydrogen-bond donors (Lipinski definition) is 0. The summed E-state index contributed by atoms with van der Waals surface area (Å²) in [7, 11) is 0.709. The molecule has 15 heavy (non-hydrogen) atoms. The maximum absolute atomic E-state index is 5.69. The zero-order valence-corrected chi connectivity index (χ0v) is 10.5. The fraction of sp³-hybridized carbons (Fsp3) is 0.667. The summed E-state index contributed by atoms with van der Waals surface area (Å²) >= 11 is 0. The average molecular weight is 234 g/mol. The molecule has 5 nitrogen and oxygen atoms in total. The van der Waals surface area contributed by atoms with Gasteiger partial charge in [-0.15, -0.1) is 0 Å². The molecular weight excluding hydrogens is 215 g/mol. The van der Waals surface area contributed by atoms with Gasteiger partial charge in [0.05, 0.1) is 0 Å². The van der Waals surface area contributed by atoms with Gasteiger partial charge in [0.1, 0.15) is 0 Å². The second-order valence-electron chi connectivity index (χ2n) is 3.21. The average Bonchev–Trinajstić information content (AvgIpc) is 2.77. The second kappa shape index (κ2) is 6.05. The van der Waals surface area contributed by atoms with E-state index in [4.69, 9.17) is 13.7 Å². The Labute approximate surface area is 90.9 Å². The van der Waals surface area contributed by atoms with Crippen LogP contribution in [0, 0.1) is 0 Å². The van der Waals surface area contributed by atoms with Crippen LogP contribution in [0.25, 0.3) is 0 Å². The molecule has 6 heteroatoms. The first kappa shape index (κ1) is 12.4. The van der Waals surface area contributed by atoms with Crippen LogP contribution in [0.1, 0.15) is 19.8 Å². The number of nitrogens with zero attached hydrogens (tertiary/aromatic N) is 2. The fourth-order valence-corrected chi connectivity index (χ4v) is 3.29. The third-order valence-electron chi connectivity index (χ3n) is 2.18. The molecule has 0 radical (unpaired) electrons. The van der Waals surface area contributed by atoms with Crippen molar-refractivity contribution in [2.45, 2.75) is 19.8 Å². The van der Waals surface area contributed by atoms with Gasteiger partial charge in [-0.3, -0.25) is 0 Å². The van der Waals surface area contributed by atoms with E-state index in [0.29, 0.717) is 0 Å². The number of aromatic nitrogens is 2. The normalized spacial score (nSPS) is 12.7. The summed E-state index contributed by atoms with van der Waals surface area (Å²) in [5.41, 5.74) is 0. The van der Waals surface area contributed by atoms with Gasteiger partial charge >= 0.3 is 90.2 Å². The summed E-state index contributed by atoms with van der Waals surface area (Å²) in [6, 6.07) is 0. The van der Waals surface area contributed by atoms with E-state index < -0.39 is 7.94 Å². The molecule has 0 aromatic carbocycles. The van der Waals surface area contributed by atoms with Gasteiger partial charge in [-0.1, -0.05) is 0 Å². The van der Waals surface area contributed by atoms with Crippen LogP contribution in [0.2, 0.25) is 0 Å². The van der Waals surface area contributed by atoms with Crippen LogP contribution < -0.4 is 4.62 Å². The van der Waals surface area contributed by atoms with Crippen molar-refractivity contribution in [1.29, 1.82) is 0 Å². The SMILES string of the molecule is CCCC[PH](OC)(OC)On1ccnc1. The first-order valence-corrected chi connectivity index (χ1v) is 6.97. The van der Waals surface area contributed by atoms with Crippen molar-refractivity contribution in [1.82, 2.24) is 9.71 Å². The zero-order chi connectivity index (χ0) is 11.1. The van der Waals surface area contributed by atoms with Gasteiger partial charge in [0.2, 0.25) is 0 Å². The predicted octanol–water partition coefficient (Wildman–Crippen LogP) is 1.90. The third-order valence-corrected chi connectivity index (χ3v) is 4.88. The molecule has 0 N–H and O–H groups in total. The summed E-state index contributed by atoms with van der Waals surface area (Å²) in [5.74, 6) is 0. The summed E-state index contributed by atoms with van der Waals surface area (Å²) in [4.78, 5) is 3.90. The van der Waals surface area contributed by atoms with Gasteiger partial charge in [0.15, 0.2) is 0 Å². The molecule has 0 unspecified atom stereocenters. The molecule has 0 aliphatic rings. The Morgan fingerprint density at radius 2 is 2.07 bits per heavy atom. The zero-order valence-electron chi connectivity index (χ0n) is 9.47. The molecule has 0 spiro atoms. The van der Waals surface area contributed by atoms with Gasteiger partial charge in [-0.05, 0) is 0 Å². The maximum atomic E-state index is 5.69. The molecule has 0 bridgehead atoms. The van der Waals surface area contributed by atoms with Crippen molar-refractivity contribution in [3.63, 3.8) is 0 Å². The van der Waals surface area contributed by atoms with Gasteiger partial charge in [-0.2, -0.15) is 0 Å². The van der Waals surface area contributed by atoms with Crippen LogP contribution in [-0.4, -0.2) is 30.1 Å². The van der Waals surface area contributed by atoms with Crippen LogP contribution in [0.5, 0.6) is 0 Å². The van der Waals surface area contributed by atoms with Crippen molar-refractivity contribution in [3.8, 4) is 0 Å². The Bertz CT molecular complexity index is 262. The first-order valence-electron chi connectivity index (χ1n) is 5.04. The topological polar surface area (TPSA) is 45.5 Å². The minimum absolute atomic E-state index is 0.814. The molecule has 0 amide bonds. The van der Waals surface area contributed by atoms with E-state index in [0.717, 1.165) is 19.0 Å². The predicted molar refractivity (Wildman–Crippen MR) is 60.9 cm³/mol. The van der Waals surface area contributed by atoms with Gasteiger partial charge in [0, 0.05) is 0 Å². The first-order chi connectivity index (χ1) is 7.26. The molecule has 1 aromatic heterocycles. The monoisotopic (exact) mass is 234 g/mol. The second-order valence-corrected chi connectivity index (χ2v) is 6.07. The number of rotatable bonds is 7. The third kappa shape index (κ3) is 3.45. The van der Waals surface area contributed by atoms with Crippen LogP contribution in [0.4, 0.5) is 0 Å². The van der Waals surface area contributed by atoms with E-state index >= 15 is 0 Å². The van der Waals surface area contributed by atoms with E-state index in [9.17, 15) is 0 Å². The van der Waals surface area contributed by atoms with Gasteiger partial charge in [-0.25, -0.2) is 0 Å². The van der Waals surface area contributed by atoms with Crippen molar-refractivity contribution in [3.05, 3.63) is 18.7 Å². The molecule has 0 fully saturated rings. The van der Waals surface area contributed by atoms with Crippen molar-refractivity contribution in [2.24, 2.45) is 0 Å². The summed E-state index contributed by atoms with van der Waals surface area (Å²) < 4.78 is 18.0. The molecule has 0 saturated carbocycles. The summed E-state index contributed by atoms with van der Waals surface area (Å²) in [6.07, 6.45) is 7.91. The molecular formula is C9H19N2O3P. The standard InChI is InChI=1S/C9H19N2O3P/c1-4-5-8-15(12-2,13-3)14-11-7-6-10-9-11/h6-7,9,15H,4-5,8H2,1-3H3. The van der Waals surface area contributed by atoms with E-state index in [-0.39, 0.29) is 0 Å². The van der Waals surface area contributed by atoms with E-state index in [1.165, 1.54) is 4.73 Å². The number of unbranched alkanes of at least 4 members (excludes halogenated alkanes) is 1. The van der Waals surface area contributed by atoms with Crippen LogP contribution in [-0.2, 0) is 9.05 Å². The van der Waals surface area contributed by atoms with Crippen LogP contribution >= 0.6 is 7.94 Å². The van der Waals surface area contributed by atoms with Crippen molar-refractivity contribution >= 4 is 7.94 Å². The van der Waals surface area contributed by atoms with Crippen molar-refractivity contribution < 1.29 is 13.7 Å². The number of imidazole rings is 1. The van der Waals surface area contributed by atoms with E-state index in [2.05, 4.69) is 11.9 Å². The fourth-order valence-electron chi connectivity index (χ4n) is 1.26. The Balaban J connectivity index is 2.63. The molecule has 1 aromatic rings. The van der Waals surface area contributed by atoms with E-state index in [1.54, 1.807) is 32.9 Å². The molecule has 1 rings (SSSR count). The Kier molecular flexibility index (Phi) is 5.02. The minimum atomic E-state index is -2.55.